The maximum absolute atomic E-state index is 13.4. The Morgan fingerprint density at radius 3 is 2.78 bits per heavy atom. The third kappa shape index (κ3) is 3.59. The predicted molar refractivity (Wildman–Crippen MR) is 67.2 cm³/mol. The first kappa shape index (κ1) is 14.2. The molecule has 5 nitrogen and oxygen atoms in total. The van der Waals surface area contributed by atoms with Gasteiger partial charge in [-0.25, -0.2) is 9.18 Å². The number of hydrogen-bond donors (Lipinski definition) is 4. The predicted octanol–water partition coefficient (Wildman–Crippen LogP) is 1.68. The third-order valence-corrected chi connectivity index (χ3v) is 2.63. The summed E-state index contributed by atoms with van der Waals surface area (Å²) < 4.78 is 13.4. The summed E-state index contributed by atoms with van der Waals surface area (Å²) >= 11 is 0. The number of aliphatic hydroxyl groups is 1. The summed E-state index contributed by atoms with van der Waals surface area (Å²) in [6, 6.07) is 2.13. The van der Waals surface area contributed by atoms with Crippen LogP contribution < -0.4 is 11.1 Å². The molecule has 0 amide bonds. The summed E-state index contributed by atoms with van der Waals surface area (Å²) in [4.78, 5) is 10.7. The van der Waals surface area contributed by atoms with Gasteiger partial charge in [0.25, 0.3) is 0 Å². The number of halogens is 1. The molecule has 1 aromatic rings. The van der Waals surface area contributed by atoms with E-state index in [1.807, 2.05) is 6.92 Å². The largest absolute Gasteiger partial charge is 0.478 e. The van der Waals surface area contributed by atoms with Gasteiger partial charge in [-0.05, 0) is 25.0 Å². The number of nitrogens with two attached hydrogens (primary N) is 1. The van der Waals surface area contributed by atoms with Crippen molar-refractivity contribution in [2.75, 3.05) is 17.6 Å². The average Bonchev–Trinajstić information content (AvgIpc) is 2.32. The zero-order valence-corrected chi connectivity index (χ0v) is 10.1. The molecule has 0 aliphatic heterocycles. The Hall–Kier alpha value is -1.82. The van der Waals surface area contributed by atoms with Crippen LogP contribution in [0.2, 0.25) is 0 Å². The molecule has 1 atom stereocenters. The molecular weight excluding hydrogens is 239 g/mol. The highest BCUT2D eigenvalue weighted by Gasteiger charge is 2.13. The van der Waals surface area contributed by atoms with E-state index in [1.54, 1.807) is 0 Å². The molecule has 6 heteroatoms. The number of benzene rings is 1. The third-order valence-electron chi connectivity index (χ3n) is 2.63. The van der Waals surface area contributed by atoms with Crippen LogP contribution >= 0.6 is 0 Å². The smallest absolute Gasteiger partial charge is 0.338 e. The first-order chi connectivity index (χ1) is 8.45. The van der Waals surface area contributed by atoms with Gasteiger partial charge in [0.1, 0.15) is 5.82 Å². The molecule has 0 bridgehead atoms. The normalized spacial score (nSPS) is 12.2. The summed E-state index contributed by atoms with van der Waals surface area (Å²) in [7, 11) is 0. The Balaban J connectivity index is 2.73. The number of rotatable bonds is 6. The molecule has 0 radical (unpaired) electrons. The molecule has 5 N–H and O–H groups in total. The van der Waals surface area contributed by atoms with E-state index < -0.39 is 23.5 Å². The van der Waals surface area contributed by atoms with Gasteiger partial charge >= 0.3 is 5.97 Å². The van der Waals surface area contributed by atoms with E-state index in [4.69, 9.17) is 10.8 Å². The van der Waals surface area contributed by atoms with Gasteiger partial charge in [-0.3, -0.25) is 0 Å². The van der Waals surface area contributed by atoms with Crippen LogP contribution in [0, 0.1) is 5.82 Å². The van der Waals surface area contributed by atoms with Crippen molar-refractivity contribution in [3.8, 4) is 0 Å². The molecule has 1 aromatic carbocycles. The Bertz CT molecular complexity index is 438. The minimum absolute atomic E-state index is 0.166. The van der Waals surface area contributed by atoms with Crippen LogP contribution in [-0.2, 0) is 0 Å². The Morgan fingerprint density at radius 2 is 2.22 bits per heavy atom. The van der Waals surface area contributed by atoms with Crippen LogP contribution in [0.4, 0.5) is 15.8 Å². The first-order valence-electron chi connectivity index (χ1n) is 5.70. The highest BCUT2D eigenvalue weighted by atomic mass is 19.1. The molecule has 1 unspecified atom stereocenters. The number of aliphatic hydroxyl groups excluding tert-OH is 1. The van der Waals surface area contributed by atoms with Gasteiger partial charge in [-0.2, -0.15) is 0 Å². The summed E-state index contributed by atoms with van der Waals surface area (Å²) in [6.45, 7) is 2.30. The summed E-state index contributed by atoms with van der Waals surface area (Å²) in [6.07, 6.45) is 0.740. The lowest BCUT2D eigenvalue weighted by molar-refractivity contribution is 0.0692. The Morgan fingerprint density at radius 1 is 1.56 bits per heavy atom. The van der Waals surface area contributed by atoms with E-state index in [0.717, 1.165) is 12.1 Å². The Kier molecular flexibility index (Phi) is 4.91. The van der Waals surface area contributed by atoms with Crippen molar-refractivity contribution in [3.05, 3.63) is 23.5 Å². The first-order valence-corrected chi connectivity index (χ1v) is 5.70. The van der Waals surface area contributed by atoms with Gasteiger partial charge in [0.15, 0.2) is 0 Å². The highest BCUT2D eigenvalue weighted by Crippen LogP contribution is 2.23. The molecule has 18 heavy (non-hydrogen) atoms. The van der Waals surface area contributed by atoms with Crippen molar-refractivity contribution in [2.24, 2.45) is 0 Å². The minimum atomic E-state index is -1.35. The molecule has 0 aliphatic rings. The Labute approximate surface area is 104 Å². The van der Waals surface area contributed by atoms with Crippen molar-refractivity contribution in [1.29, 1.82) is 0 Å². The van der Waals surface area contributed by atoms with Crippen LogP contribution in [-0.4, -0.2) is 28.8 Å². The fourth-order valence-electron chi connectivity index (χ4n) is 1.48. The summed E-state index contributed by atoms with van der Waals surface area (Å²) in [5, 5.41) is 20.9. The monoisotopic (exact) mass is 256 g/mol. The molecule has 0 aromatic heterocycles. The molecule has 0 spiro atoms. The van der Waals surface area contributed by atoms with Crippen molar-refractivity contribution in [1.82, 2.24) is 0 Å². The molecule has 0 saturated heterocycles. The maximum atomic E-state index is 13.4. The number of nitrogens with one attached hydrogen (secondary N) is 1. The molecular formula is C12H17FN2O3. The van der Waals surface area contributed by atoms with E-state index in [2.05, 4.69) is 5.32 Å². The zero-order valence-electron chi connectivity index (χ0n) is 10.1. The molecule has 0 heterocycles. The van der Waals surface area contributed by atoms with Crippen molar-refractivity contribution in [3.63, 3.8) is 0 Å². The standard InChI is InChI=1S/C12H17FN2O3/c1-2-7(16)3-4-15-11-6-9(13)8(12(17)18)5-10(11)14/h5-7,15-16H,2-4,14H2,1H3,(H,17,18). The number of carbonyl (C=O) groups is 1. The highest BCUT2D eigenvalue weighted by molar-refractivity contribution is 5.90. The second kappa shape index (κ2) is 6.20. The number of carboxylic acid groups (broad SMARTS) is 1. The molecule has 0 fully saturated rings. The fourth-order valence-corrected chi connectivity index (χ4v) is 1.48. The van der Waals surface area contributed by atoms with Gasteiger partial charge in [0.05, 0.1) is 23.0 Å². The summed E-state index contributed by atoms with van der Waals surface area (Å²) in [5.41, 5.74) is 5.67. The van der Waals surface area contributed by atoms with Crippen LogP contribution in [0.5, 0.6) is 0 Å². The lowest BCUT2D eigenvalue weighted by atomic mass is 10.1. The van der Waals surface area contributed by atoms with E-state index >= 15 is 0 Å². The zero-order chi connectivity index (χ0) is 13.7. The summed E-state index contributed by atoms with van der Waals surface area (Å²) in [5.74, 6) is -2.19. The van der Waals surface area contributed by atoms with E-state index in [9.17, 15) is 14.3 Å². The lowest BCUT2D eigenvalue weighted by Gasteiger charge is -2.12. The van der Waals surface area contributed by atoms with Gasteiger partial charge < -0.3 is 21.3 Å². The number of hydrogen-bond acceptors (Lipinski definition) is 4. The van der Waals surface area contributed by atoms with Gasteiger partial charge in [-0.15, -0.1) is 0 Å². The number of anilines is 2. The van der Waals surface area contributed by atoms with Crippen LogP contribution in [0.15, 0.2) is 12.1 Å². The molecule has 1 rings (SSSR count). The second-order valence-corrected chi connectivity index (χ2v) is 4.00. The quantitative estimate of drug-likeness (QED) is 0.581. The maximum Gasteiger partial charge on any atom is 0.338 e. The van der Waals surface area contributed by atoms with Crippen LogP contribution in [0.3, 0.4) is 0 Å². The molecule has 100 valence electrons. The second-order valence-electron chi connectivity index (χ2n) is 4.00. The van der Waals surface area contributed by atoms with Crippen molar-refractivity contribution < 1.29 is 19.4 Å². The van der Waals surface area contributed by atoms with E-state index in [0.29, 0.717) is 25.1 Å². The molecule has 0 saturated carbocycles. The van der Waals surface area contributed by atoms with Gasteiger partial charge in [0.2, 0.25) is 0 Å². The van der Waals surface area contributed by atoms with Crippen LogP contribution in [0.25, 0.3) is 0 Å². The van der Waals surface area contributed by atoms with Gasteiger partial charge in [-0.1, -0.05) is 6.92 Å². The lowest BCUT2D eigenvalue weighted by Crippen LogP contribution is -2.13. The number of aromatic carboxylic acids is 1. The van der Waals surface area contributed by atoms with Gasteiger partial charge in [0, 0.05) is 6.54 Å². The fraction of sp³-hybridized carbons (Fsp3) is 0.417. The topological polar surface area (TPSA) is 95.6 Å². The number of nitrogen functional groups attached to an aromatic ring is 1. The minimum Gasteiger partial charge on any atom is -0.478 e. The van der Waals surface area contributed by atoms with E-state index in [1.165, 1.54) is 0 Å². The van der Waals surface area contributed by atoms with Crippen molar-refractivity contribution in [2.45, 2.75) is 25.9 Å². The van der Waals surface area contributed by atoms with Crippen LogP contribution in [0.1, 0.15) is 30.1 Å². The van der Waals surface area contributed by atoms with E-state index in [-0.39, 0.29) is 5.69 Å². The SMILES string of the molecule is CCC(O)CCNc1cc(F)c(C(=O)O)cc1N. The molecule has 0 aliphatic carbocycles. The number of carboxylic acids is 1. The van der Waals surface area contributed by atoms with Crippen molar-refractivity contribution >= 4 is 17.3 Å². The average molecular weight is 256 g/mol.